The van der Waals surface area contributed by atoms with Crippen molar-refractivity contribution in [3.63, 3.8) is 0 Å². The van der Waals surface area contributed by atoms with Crippen LogP contribution in [0, 0.1) is 6.92 Å². The molecule has 0 spiro atoms. The Morgan fingerprint density at radius 3 is 2.54 bits per heavy atom. The van der Waals surface area contributed by atoms with Gasteiger partial charge in [0.15, 0.2) is 5.16 Å². The Balaban J connectivity index is 1.41. The second-order valence-electron chi connectivity index (χ2n) is 8.93. The predicted molar refractivity (Wildman–Crippen MR) is 137 cm³/mol. The first-order valence-corrected chi connectivity index (χ1v) is 12.8. The van der Waals surface area contributed by atoms with Crippen LogP contribution in [-0.2, 0) is 12.8 Å². The van der Waals surface area contributed by atoms with E-state index in [1.807, 2.05) is 47.7 Å². The summed E-state index contributed by atoms with van der Waals surface area (Å²) in [7, 11) is 1.74. The van der Waals surface area contributed by atoms with Crippen LogP contribution < -0.4 is 10.5 Å². The van der Waals surface area contributed by atoms with Crippen LogP contribution in [0.1, 0.15) is 30.7 Å². The molecule has 0 N–H and O–H groups in total. The fraction of sp³-hybridized carbons (Fsp3) is 0.320. The average molecular weight is 487 g/mol. The number of benzene rings is 2. The highest BCUT2D eigenvalue weighted by Gasteiger charge is 2.22. The number of hydrogen-bond donors (Lipinski definition) is 0. The molecule has 0 amide bonds. The summed E-state index contributed by atoms with van der Waals surface area (Å²) in [4.78, 5) is 15.2. The Hall–Kier alpha value is -3.66. The number of fused-ring (bicyclic) bond motifs is 3. The summed E-state index contributed by atoms with van der Waals surface area (Å²) in [5, 5.41) is 19.4. The molecule has 35 heavy (non-hydrogen) atoms. The third kappa shape index (κ3) is 3.78. The minimum Gasteiger partial charge on any atom is -0.341 e. The number of piperidine rings is 1. The van der Waals surface area contributed by atoms with Gasteiger partial charge in [0.25, 0.3) is 5.56 Å². The molecular formula is C25H26N8OS. The van der Waals surface area contributed by atoms with Crippen molar-refractivity contribution in [3.8, 4) is 5.69 Å². The van der Waals surface area contributed by atoms with E-state index in [0.29, 0.717) is 16.9 Å². The lowest BCUT2D eigenvalue weighted by molar-refractivity contribution is 0.564. The number of hydrogen-bond acceptors (Lipinski definition) is 7. The molecule has 0 saturated carbocycles. The number of para-hydroxylation sites is 1. The molecule has 2 aromatic carbocycles. The Bertz CT molecular complexity index is 1580. The van der Waals surface area contributed by atoms with E-state index in [2.05, 4.69) is 42.0 Å². The molecule has 0 atom stereocenters. The van der Waals surface area contributed by atoms with Crippen LogP contribution in [0.25, 0.3) is 22.4 Å². The molecule has 1 aliphatic rings. The van der Waals surface area contributed by atoms with Crippen molar-refractivity contribution < 1.29 is 0 Å². The van der Waals surface area contributed by atoms with Gasteiger partial charge < -0.3 is 4.90 Å². The van der Waals surface area contributed by atoms with Crippen LogP contribution in [0.5, 0.6) is 0 Å². The van der Waals surface area contributed by atoms with Gasteiger partial charge in [-0.25, -0.2) is 0 Å². The van der Waals surface area contributed by atoms with Crippen molar-refractivity contribution in [2.45, 2.75) is 37.1 Å². The number of anilines is 1. The molecule has 1 saturated heterocycles. The molecule has 0 unspecified atom stereocenters. The van der Waals surface area contributed by atoms with E-state index in [1.165, 1.54) is 19.3 Å². The van der Waals surface area contributed by atoms with E-state index < -0.39 is 0 Å². The lowest BCUT2D eigenvalue weighted by Crippen LogP contribution is -2.31. The minimum atomic E-state index is -0.0715. The minimum absolute atomic E-state index is 0.0715. The van der Waals surface area contributed by atoms with Gasteiger partial charge in [0.05, 0.1) is 22.3 Å². The van der Waals surface area contributed by atoms with E-state index in [4.69, 9.17) is 0 Å². The number of nitrogens with zero attached hydrogens (tertiary/aromatic N) is 8. The molecule has 4 heterocycles. The molecule has 3 aromatic heterocycles. The number of aromatic nitrogens is 7. The summed E-state index contributed by atoms with van der Waals surface area (Å²) in [5.41, 5.74) is 2.82. The van der Waals surface area contributed by atoms with Crippen LogP contribution in [0.3, 0.4) is 0 Å². The van der Waals surface area contributed by atoms with Gasteiger partial charge in [-0.3, -0.25) is 18.3 Å². The summed E-state index contributed by atoms with van der Waals surface area (Å²) >= 11 is 1.57. The first-order chi connectivity index (χ1) is 17.1. The number of thioether (sulfide) groups is 1. The van der Waals surface area contributed by atoms with Crippen LogP contribution in [0.2, 0.25) is 0 Å². The van der Waals surface area contributed by atoms with Crippen LogP contribution in [0.15, 0.2) is 58.5 Å². The van der Waals surface area contributed by atoms with Crippen LogP contribution in [0.4, 0.5) is 5.95 Å². The molecule has 10 heteroatoms. The molecule has 1 fully saturated rings. The van der Waals surface area contributed by atoms with Crippen molar-refractivity contribution in [1.29, 1.82) is 0 Å². The van der Waals surface area contributed by atoms with Gasteiger partial charge in [-0.2, -0.15) is 0 Å². The van der Waals surface area contributed by atoms with E-state index >= 15 is 0 Å². The Kier molecular flexibility index (Phi) is 5.52. The van der Waals surface area contributed by atoms with E-state index in [0.717, 1.165) is 46.8 Å². The zero-order valence-corrected chi connectivity index (χ0v) is 20.6. The van der Waals surface area contributed by atoms with Gasteiger partial charge in [-0.05, 0) is 50.5 Å². The molecule has 9 nitrogen and oxygen atoms in total. The lowest BCUT2D eigenvalue weighted by Gasteiger charge is -2.27. The van der Waals surface area contributed by atoms with Crippen molar-refractivity contribution in [1.82, 2.24) is 33.9 Å². The van der Waals surface area contributed by atoms with E-state index in [-0.39, 0.29) is 5.56 Å². The normalized spacial score (nSPS) is 14.3. The van der Waals surface area contributed by atoms with Gasteiger partial charge in [0.1, 0.15) is 5.82 Å². The monoisotopic (exact) mass is 486 g/mol. The first-order valence-electron chi connectivity index (χ1n) is 11.8. The zero-order valence-electron chi connectivity index (χ0n) is 19.8. The maximum Gasteiger partial charge on any atom is 0.262 e. The highest BCUT2D eigenvalue weighted by molar-refractivity contribution is 7.98. The van der Waals surface area contributed by atoms with Gasteiger partial charge in [0.2, 0.25) is 11.7 Å². The number of aryl methyl sites for hydroxylation is 2. The molecule has 0 aliphatic carbocycles. The van der Waals surface area contributed by atoms with Gasteiger partial charge >= 0.3 is 0 Å². The van der Waals surface area contributed by atoms with Gasteiger partial charge in [0, 0.05) is 20.1 Å². The van der Waals surface area contributed by atoms with E-state index in [9.17, 15) is 4.79 Å². The standard InChI is InChI=1S/C25H26N8OS/c1-17-11-12-20-19(15-17)22(34)30(2)23-27-26-21(33(20)23)16-35-25-29-28-24(31-13-7-4-8-14-31)32(25)18-9-5-3-6-10-18/h3,5-6,9-12,15H,4,7-8,13-14,16H2,1-2H3. The number of rotatable bonds is 5. The molecule has 5 aromatic rings. The maximum atomic E-state index is 12.9. The fourth-order valence-corrected chi connectivity index (χ4v) is 5.60. The molecular weight excluding hydrogens is 460 g/mol. The quantitative estimate of drug-likeness (QED) is 0.350. The van der Waals surface area contributed by atoms with Crippen molar-refractivity contribution >= 4 is 34.4 Å². The molecule has 178 valence electrons. The summed E-state index contributed by atoms with van der Waals surface area (Å²) in [6.45, 7) is 3.97. The summed E-state index contributed by atoms with van der Waals surface area (Å²) in [6, 6.07) is 16.1. The Morgan fingerprint density at radius 2 is 1.74 bits per heavy atom. The van der Waals surface area contributed by atoms with Crippen molar-refractivity contribution in [3.05, 3.63) is 70.3 Å². The topological polar surface area (TPSA) is 86.1 Å². The molecule has 0 bridgehead atoms. The largest absolute Gasteiger partial charge is 0.341 e. The molecule has 6 rings (SSSR count). The zero-order chi connectivity index (χ0) is 23.9. The second kappa shape index (κ2) is 8.84. The lowest BCUT2D eigenvalue weighted by atomic mass is 10.1. The summed E-state index contributed by atoms with van der Waals surface area (Å²) in [5.74, 6) is 2.71. The average Bonchev–Trinajstić information content (AvgIpc) is 3.52. The molecule has 1 aliphatic heterocycles. The maximum absolute atomic E-state index is 12.9. The fourth-order valence-electron chi connectivity index (χ4n) is 4.74. The Morgan fingerprint density at radius 1 is 0.943 bits per heavy atom. The predicted octanol–water partition coefficient (Wildman–Crippen LogP) is 3.75. The SMILES string of the molecule is Cc1ccc2c(c1)c(=O)n(C)c1nnc(CSc3nnc(N4CCCCC4)n3-c3ccccc3)n21. The smallest absolute Gasteiger partial charge is 0.262 e. The van der Waals surface area contributed by atoms with Crippen LogP contribution >= 0.6 is 11.8 Å². The van der Waals surface area contributed by atoms with Gasteiger partial charge in [-0.15, -0.1) is 20.4 Å². The third-order valence-corrected chi connectivity index (χ3v) is 7.47. The highest BCUT2D eigenvalue weighted by atomic mass is 32.2. The highest BCUT2D eigenvalue weighted by Crippen LogP contribution is 2.30. The molecule has 0 radical (unpaired) electrons. The summed E-state index contributed by atoms with van der Waals surface area (Å²) < 4.78 is 5.66. The van der Waals surface area contributed by atoms with Crippen molar-refractivity contribution in [2.75, 3.05) is 18.0 Å². The second-order valence-corrected chi connectivity index (χ2v) is 9.87. The van der Waals surface area contributed by atoms with E-state index in [1.54, 1.807) is 23.4 Å². The summed E-state index contributed by atoms with van der Waals surface area (Å²) in [6.07, 6.45) is 3.59. The first kappa shape index (κ1) is 21.8. The Labute approximate surface area is 206 Å². The van der Waals surface area contributed by atoms with Gasteiger partial charge in [-0.1, -0.05) is 41.6 Å². The van der Waals surface area contributed by atoms with Crippen LogP contribution in [-0.4, -0.2) is 47.0 Å². The van der Waals surface area contributed by atoms with Crippen molar-refractivity contribution in [2.24, 2.45) is 7.05 Å². The third-order valence-electron chi connectivity index (χ3n) is 6.54.